The fraction of sp³-hybridized carbons (Fsp3) is 0.588. The van der Waals surface area contributed by atoms with Gasteiger partial charge in [0.1, 0.15) is 5.75 Å². The first-order valence-corrected chi connectivity index (χ1v) is 8.13. The quantitative estimate of drug-likeness (QED) is 0.905. The lowest BCUT2D eigenvalue weighted by Gasteiger charge is -2.34. The van der Waals surface area contributed by atoms with Gasteiger partial charge in [-0.15, -0.1) is 0 Å². The van der Waals surface area contributed by atoms with E-state index in [1.165, 1.54) is 0 Å². The van der Waals surface area contributed by atoms with E-state index in [1.807, 2.05) is 0 Å². The van der Waals surface area contributed by atoms with E-state index in [0.717, 1.165) is 38.0 Å². The van der Waals surface area contributed by atoms with Crippen LogP contribution in [0.1, 0.15) is 26.2 Å². The Hall–Kier alpha value is -1.85. The second kappa shape index (κ2) is 6.72. The van der Waals surface area contributed by atoms with Crippen LogP contribution in [-0.4, -0.2) is 31.7 Å². The molecule has 4 nitrogen and oxygen atoms in total. The molecule has 1 amide bonds. The lowest BCUT2D eigenvalue weighted by atomic mass is 10.0. The van der Waals surface area contributed by atoms with Crippen molar-refractivity contribution in [3.8, 4) is 5.75 Å². The Morgan fingerprint density at radius 3 is 2.39 bits per heavy atom. The van der Waals surface area contributed by atoms with Crippen molar-refractivity contribution in [1.82, 2.24) is 5.32 Å². The van der Waals surface area contributed by atoms with Crippen LogP contribution in [0.25, 0.3) is 0 Å². The number of anilines is 1. The molecule has 1 aliphatic heterocycles. The van der Waals surface area contributed by atoms with Crippen LogP contribution in [0.4, 0.5) is 14.5 Å². The molecule has 3 rings (SSSR count). The standard InChI is InChI=1S/C17H22F2N2O2/c1-11-10-15(11)16(22)20-12-6-8-21(9-7-12)13-2-4-14(5-3-13)23-17(18)19/h2-5,11-12,15,17H,6-10H2,1H3,(H,20,22)/t11-,15+/m0/s1. The maximum absolute atomic E-state index is 12.1. The number of amides is 1. The summed E-state index contributed by atoms with van der Waals surface area (Å²) in [6.07, 6.45) is 2.82. The minimum Gasteiger partial charge on any atom is -0.435 e. The molecule has 2 fully saturated rings. The Morgan fingerprint density at radius 1 is 1.26 bits per heavy atom. The van der Waals surface area contributed by atoms with Crippen molar-refractivity contribution in [3.05, 3.63) is 24.3 Å². The lowest BCUT2D eigenvalue weighted by molar-refractivity contribution is -0.123. The van der Waals surface area contributed by atoms with Crippen LogP contribution in [0.5, 0.6) is 5.75 Å². The van der Waals surface area contributed by atoms with Crippen LogP contribution in [0.15, 0.2) is 24.3 Å². The zero-order chi connectivity index (χ0) is 16.4. The van der Waals surface area contributed by atoms with Crippen LogP contribution in [0, 0.1) is 11.8 Å². The number of benzene rings is 1. The number of hydrogen-bond acceptors (Lipinski definition) is 3. The Balaban J connectivity index is 1.47. The number of rotatable bonds is 5. The van der Waals surface area contributed by atoms with Crippen molar-refractivity contribution in [1.29, 1.82) is 0 Å². The molecule has 6 heteroatoms. The second-order valence-corrected chi connectivity index (χ2v) is 6.46. The van der Waals surface area contributed by atoms with E-state index in [-0.39, 0.29) is 23.6 Å². The number of halogens is 2. The lowest BCUT2D eigenvalue weighted by Crippen LogP contribution is -2.45. The van der Waals surface area contributed by atoms with Crippen LogP contribution in [0.2, 0.25) is 0 Å². The first-order chi connectivity index (χ1) is 11.0. The van der Waals surface area contributed by atoms with Crippen LogP contribution >= 0.6 is 0 Å². The average Bonchev–Trinajstić information content (AvgIpc) is 3.25. The normalized spacial score (nSPS) is 24.6. The Bertz CT molecular complexity index is 542. The van der Waals surface area contributed by atoms with Gasteiger partial charge in [0.2, 0.25) is 5.91 Å². The highest BCUT2D eigenvalue weighted by molar-refractivity contribution is 5.81. The van der Waals surface area contributed by atoms with E-state index in [1.54, 1.807) is 24.3 Å². The zero-order valence-electron chi connectivity index (χ0n) is 13.2. The molecule has 0 unspecified atom stereocenters. The summed E-state index contributed by atoms with van der Waals surface area (Å²) in [5.41, 5.74) is 0.993. The van der Waals surface area contributed by atoms with Gasteiger partial charge >= 0.3 is 6.61 Å². The van der Waals surface area contributed by atoms with Gasteiger partial charge in [0, 0.05) is 30.7 Å². The summed E-state index contributed by atoms with van der Waals surface area (Å²) in [7, 11) is 0. The van der Waals surface area contributed by atoms with Crippen LogP contribution in [0.3, 0.4) is 0 Å². The van der Waals surface area contributed by atoms with E-state index in [9.17, 15) is 13.6 Å². The number of carbonyl (C=O) groups is 1. The second-order valence-electron chi connectivity index (χ2n) is 6.46. The number of piperidine rings is 1. The predicted molar refractivity (Wildman–Crippen MR) is 83.7 cm³/mol. The van der Waals surface area contributed by atoms with Crippen molar-refractivity contribution in [2.75, 3.05) is 18.0 Å². The van der Waals surface area contributed by atoms with Gasteiger partial charge in [-0.2, -0.15) is 8.78 Å². The highest BCUT2D eigenvalue weighted by Gasteiger charge is 2.39. The molecular formula is C17H22F2N2O2. The first-order valence-electron chi connectivity index (χ1n) is 8.13. The van der Waals surface area contributed by atoms with Gasteiger partial charge in [0.25, 0.3) is 0 Å². The number of nitrogens with one attached hydrogen (secondary N) is 1. The SMILES string of the molecule is C[C@H]1C[C@H]1C(=O)NC1CCN(c2ccc(OC(F)F)cc2)CC1. The molecule has 1 saturated carbocycles. The zero-order valence-corrected chi connectivity index (χ0v) is 13.2. The third kappa shape index (κ3) is 4.12. The summed E-state index contributed by atoms with van der Waals surface area (Å²) < 4.78 is 28.6. The molecule has 2 atom stereocenters. The Kier molecular flexibility index (Phi) is 4.68. The number of carbonyl (C=O) groups excluding carboxylic acids is 1. The average molecular weight is 324 g/mol. The maximum Gasteiger partial charge on any atom is 0.387 e. The van der Waals surface area contributed by atoms with Crippen molar-refractivity contribution in [3.63, 3.8) is 0 Å². The first kappa shape index (κ1) is 16.0. The molecule has 0 spiro atoms. The minimum atomic E-state index is -2.80. The molecule has 1 N–H and O–H groups in total. The van der Waals surface area contributed by atoms with Crippen LogP contribution < -0.4 is 15.0 Å². The molecule has 23 heavy (non-hydrogen) atoms. The summed E-state index contributed by atoms with van der Waals surface area (Å²) >= 11 is 0. The minimum absolute atomic E-state index is 0.171. The van der Waals surface area contributed by atoms with E-state index in [0.29, 0.717) is 5.92 Å². The topological polar surface area (TPSA) is 41.6 Å². The van der Waals surface area contributed by atoms with Gasteiger partial charge in [-0.1, -0.05) is 6.92 Å². The fourth-order valence-corrected chi connectivity index (χ4v) is 3.12. The van der Waals surface area contributed by atoms with E-state index < -0.39 is 6.61 Å². The number of ether oxygens (including phenoxy) is 1. The maximum atomic E-state index is 12.1. The van der Waals surface area contributed by atoms with Gasteiger partial charge in [-0.05, 0) is 49.4 Å². The highest BCUT2D eigenvalue weighted by atomic mass is 19.3. The molecule has 1 aromatic rings. The summed E-state index contributed by atoms with van der Waals surface area (Å²) in [5, 5.41) is 3.14. The largest absolute Gasteiger partial charge is 0.435 e. The molecular weight excluding hydrogens is 302 g/mol. The van der Waals surface area contributed by atoms with Gasteiger partial charge in [0.05, 0.1) is 0 Å². The monoisotopic (exact) mass is 324 g/mol. The molecule has 0 radical (unpaired) electrons. The van der Waals surface area contributed by atoms with E-state index >= 15 is 0 Å². The van der Waals surface area contributed by atoms with E-state index in [4.69, 9.17) is 0 Å². The molecule has 0 aromatic heterocycles. The molecule has 0 bridgehead atoms. The fourth-order valence-electron chi connectivity index (χ4n) is 3.12. The third-order valence-electron chi connectivity index (χ3n) is 4.71. The highest BCUT2D eigenvalue weighted by Crippen LogP contribution is 2.38. The van der Waals surface area contributed by atoms with Gasteiger partial charge < -0.3 is 15.0 Å². The Labute approximate surface area is 134 Å². The summed E-state index contributed by atoms with van der Waals surface area (Å²) in [4.78, 5) is 14.2. The summed E-state index contributed by atoms with van der Waals surface area (Å²) in [5.74, 6) is 1.12. The Morgan fingerprint density at radius 2 is 1.87 bits per heavy atom. The molecule has 1 saturated heterocycles. The van der Waals surface area contributed by atoms with Crippen molar-refractivity contribution >= 4 is 11.6 Å². The molecule has 2 aliphatic rings. The van der Waals surface area contributed by atoms with Crippen molar-refractivity contribution < 1.29 is 18.3 Å². The van der Waals surface area contributed by atoms with Gasteiger partial charge in [-0.3, -0.25) is 4.79 Å². The van der Waals surface area contributed by atoms with Crippen LogP contribution in [-0.2, 0) is 4.79 Å². The molecule has 1 aliphatic carbocycles. The van der Waals surface area contributed by atoms with Gasteiger partial charge in [0.15, 0.2) is 0 Å². The van der Waals surface area contributed by atoms with Gasteiger partial charge in [-0.25, -0.2) is 0 Å². The van der Waals surface area contributed by atoms with Crippen molar-refractivity contribution in [2.24, 2.45) is 11.8 Å². The number of nitrogens with zero attached hydrogens (tertiary/aromatic N) is 1. The van der Waals surface area contributed by atoms with Crippen molar-refractivity contribution in [2.45, 2.75) is 38.8 Å². The predicted octanol–water partition coefficient (Wildman–Crippen LogP) is 3.03. The molecule has 1 heterocycles. The number of alkyl halides is 2. The van der Waals surface area contributed by atoms with E-state index in [2.05, 4.69) is 21.9 Å². The molecule has 126 valence electrons. The number of hydrogen-bond donors (Lipinski definition) is 1. The smallest absolute Gasteiger partial charge is 0.387 e. The third-order valence-corrected chi connectivity index (χ3v) is 4.71. The molecule has 1 aromatic carbocycles. The summed E-state index contributed by atoms with van der Waals surface area (Å²) in [6.45, 7) is 1.00. The summed E-state index contributed by atoms with van der Waals surface area (Å²) in [6, 6.07) is 6.95.